The predicted octanol–water partition coefficient (Wildman–Crippen LogP) is 2.66. The highest BCUT2D eigenvalue weighted by atomic mass is 35.5. The largest absolute Gasteiger partial charge is 0.338 e. The van der Waals surface area contributed by atoms with E-state index in [1.807, 2.05) is 25.1 Å². The third-order valence-corrected chi connectivity index (χ3v) is 4.91. The van der Waals surface area contributed by atoms with Gasteiger partial charge in [-0.3, -0.25) is 9.69 Å². The molecule has 1 aliphatic heterocycles. The molecule has 0 spiro atoms. The zero-order valence-electron chi connectivity index (χ0n) is 14.6. The zero-order valence-corrected chi connectivity index (χ0v) is 15.4. The van der Waals surface area contributed by atoms with Crippen LogP contribution in [-0.4, -0.2) is 31.1 Å². The SMILES string of the molecule is CCNC(=O)N1CCc2ccc(NC(=O)C3CCCC(N)C3)cc21.Cl. The number of rotatable bonds is 3. The van der Waals surface area contributed by atoms with Gasteiger partial charge in [0.05, 0.1) is 5.69 Å². The Hall–Kier alpha value is -1.79. The lowest BCUT2D eigenvalue weighted by atomic mass is 9.85. The molecule has 2 unspecified atom stereocenters. The van der Waals surface area contributed by atoms with Gasteiger partial charge in [0.25, 0.3) is 0 Å². The van der Waals surface area contributed by atoms with Crippen LogP contribution in [0, 0.1) is 5.92 Å². The number of nitrogens with zero attached hydrogens (tertiary/aromatic N) is 1. The molecular weight excluding hydrogens is 340 g/mol. The highest BCUT2D eigenvalue weighted by Gasteiger charge is 2.27. The summed E-state index contributed by atoms with van der Waals surface area (Å²) in [5, 5.41) is 5.83. The zero-order chi connectivity index (χ0) is 17.1. The van der Waals surface area contributed by atoms with Crippen molar-refractivity contribution in [3.8, 4) is 0 Å². The summed E-state index contributed by atoms with van der Waals surface area (Å²) in [6.45, 7) is 3.18. The number of anilines is 2. The summed E-state index contributed by atoms with van der Waals surface area (Å²) >= 11 is 0. The van der Waals surface area contributed by atoms with Gasteiger partial charge in [0, 0.05) is 30.7 Å². The number of carbonyl (C=O) groups excluding carboxylic acids is 2. The van der Waals surface area contributed by atoms with Crippen LogP contribution in [0.3, 0.4) is 0 Å². The van der Waals surface area contributed by atoms with Crippen LogP contribution in [0.1, 0.15) is 38.2 Å². The van der Waals surface area contributed by atoms with E-state index in [0.29, 0.717) is 13.1 Å². The predicted molar refractivity (Wildman–Crippen MR) is 102 cm³/mol. The smallest absolute Gasteiger partial charge is 0.321 e. The minimum atomic E-state index is -0.0852. The fourth-order valence-corrected chi connectivity index (χ4v) is 3.62. The summed E-state index contributed by atoms with van der Waals surface area (Å²) in [6, 6.07) is 5.86. The molecule has 1 aromatic rings. The molecule has 1 aromatic carbocycles. The molecule has 0 bridgehead atoms. The first-order valence-corrected chi connectivity index (χ1v) is 8.83. The molecule has 4 N–H and O–H groups in total. The van der Waals surface area contributed by atoms with Crippen LogP contribution in [0.25, 0.3) is 0 Å². The molecule has 0 saturated heterocycles. The number of nitrogens with one attached hydrogen (secondary N) is 2. The number of benzene rings is 1. The molecule has 1 aliphatic carbocycles. The summed E-state index contributed by atoms with van der Waals surface area (Å²) in [6.07, 6.45) is 4.51. The van der Waals surface area contributed by atoms with E-state index in [4.69, 9.17) is 5.73 Å². The van der Waals surface area contributed by atoms with Crippen molar-refractivity contribution in [2.24, 2.45) is 11.7 Å². The first-order valence-electron chi connectivity index (χ1n) is 8.83. The molecule has 6 nitrogen and oxygen atoms in total. The molecule has 0 aromatic heterocycles. The summed E-state index contributed by atoms with van der Waals surface area (Å²) in [5.41, 5.74) is 8.75. The van der Waals surface area contributed by atoms with E-state index >= 15 is 0 Å². The standard InChI is InChI=1S/C18H26N4O2.ClH/c1-2-20-18(24)22-9-8-12-6-7-15(11-16(12)22)21-17(23)13-4-3-5-14(19)10-13;/h6-7,11,13-14H,2-5,8-10,19H2,1H3,(H,20,24)(H,21,23);1H. The average molecular weight is 367 g/mol. The van der Waals surface area contributed by atoms with Crippen LogP contribution in [0.5, 0.6) is 0 Å². The Labute approximate surface area is 154 Å². The Morgan fingerprint density at radius 2 is 2.12 bits per heavy atom. The number of urea groups is 1. The Balaban J connectivity index is 0.00000225. The molecule has 25 heavy (non-hydrogen) atoms. The number of nitrogens with two attached hydrogens (primary N) is 1. The number of fused-ring (bicyclic) bond motifs is 1. The second-order valence-corrected chi connectivity index (χ2v) is 6.69. The molecule has 138 valence electrons. The van der Waals surface area contributed by atoms with E-state index in [1.54, 1.807) is 4.90 Å². The molecule has 3 rings (SSSR count). The third-order valence-electron chi connectivity index (χ3n) is 4.91. The van der Waals surface area contributed by atoms with Crippen molar-refractivity contribution in [1.82, 2.24) is 5.32 Å². The first-order chi connectivity index (χ1) is 11.6. The Morgan fingerprint density at radius 1 is 1.32 bits per heavy atom. The second kappa shape index (κ2) is 8.54. The summed E-state index contributed by atoms with van der Waals surface area (Å²) in [7, 11) is 0. The van der Waals surface area contributed by atoms with Crippen molar-refractivity contribution in [3.05, 3.63) is 23.8 Å². The van der Waals surface area contributed by atoms with Crippen LogP contribution < -0.4 is 21.3 Å². The van der Waals surface area contributed by atoms with Gasteiger partial charge in [-0.2, -0.15) is 0 Å². The van der Waals surface area contributed by atoms with Gasteiger partial charge in [-0.1, -0.05) is 12.5 Å². The Morgan fingerprint density at radius 3 is 2.84 bits per heavy atom. The molecule has 1 saturated carbocycles. The Kier molecular flexibility index (Phi) is 6.67. The molecule has 3 amide bonds. The molecule has 7 heteroatoms. The number of hydrogen-bond acceptors (Lipinski definition) is 3. The number of amides is 3. The lowest BCUT2D eigenvalue weighted by Crippen LogP contribution is -2.38. The van der Waals surface area contributed by atoms with Gasteiger partial charge in [-0.05, 0) is 50.3 Å². The lowest BCUT2D eigenvalue weighted by molar-refractivity contribution is -0.120. The van der Waals surface area contributed by atoms with E-state index in [1.165, 1.54) is 0 Å². The lowest BCUT2D eigenvalue weighted by Gasteiger charge is -2.25. The fourth-order valence-electron chi connectivity index (χ4n) is 3.62. The summed E-state index contributed by atoms with van der Waals surface area (Å²) in [5.74, 6) is 0.0224. The Bertz CT molecular complexity index is 638. The van der Waals surface area contributed by atoms with Crippen LogP contribution >= 0.6 is 12.4 Å². The first kappa shape index (κ1) is 19.5. The monoisotopic (exact) mass is 366 g/mol. The van der Waals surface area contributed by atoms with Crippen molar-refractivity contribution < 1.29 is 9.59 Å². The molecule has 2 atom stereocenters. The topological polar surface area (TPSA) is 87.5 Å². The van der Waals surface area contributed by atoms with Crippen molar-refractivity contribution >= 4 is 35.7 Å². The van der Waals surface area contributed by atoms with Gasteiger partial charge >= 0.3 is 6.03 Å². The van der Waals surface area contributed by atoms with Gasteiger partial charge in [0.2, 0.25) is 5.91 Å². The van der Waals surface area contributed by atoms with E-state index < -0.39 is 0 Å². The quantitative estimate of drug-likeness (QED) is 0.768. The van der Waals surface area contributed by atoms with Crippen LogP contribution in [0.15, 0.2) is 18.2 Å². The van der Waals surface area contributed by atoms with Gasteiger partial charge < -0.3 is 16.4 Å². The summed E-state index contributed by atoms with van der Waals surface area (Å²) in [4.78, 5) is 26.4. The fraction of sp³-hybridized carbons (Fsp3) is 0.556. The maximum Gasteiger partial charge on any atom is 0.321 e. The second-order valence-electron chi connectivity index (χ2n) is 6.69. The van der Waals surface area contributed by atoms with Gasteiger partial charge in [0.15, 0.2) is 0 Å². The summed E-state index contributed by atoms with van der Waals surface area (Å²) < 4.78 is 0. The molecule has 0 radical (unpaired) electrons. The minimum Gasteiger partial charge on any atom is -0.338 e. The van der Waals surface area contributed by atoms with E-state index in [-0.39, 0.29) is 36.3 Å². The van der Waals surface area contributed by atoms with Crippen molar-refractivity contribution in [2.45, 2.75) is 45.1 Å². The van der Waals surface area contributed by atoms with Crippen LogP contribution in [0.4, 0.5) is 16.2 Å². The number of hydrogen-bond donors (Lipinski definition) is 3. The van der Waals surface area contributed by atoms with Gasteiger partial charge in [0.1, 0.15) is 0 Å². The highest BCUT2D eigenvalue weighted by Crippen LogP contribution is 2.31. The van der Waals surface area contributed by atoms with Crippen molar-refractivity contribution in [1.29, 1.82) is 0 Å². The molecule has 2 aliphatic rings. The number of halogens is 1. The van der Waals surface area contributed by atoms with E-state index in [2.05, 4.69) is 10.6 Å². The normalized spacial score (nSPS) is 21.9. The third kappa shape index (κ3) is 4.44. The maximum absolute atomic E-state index is 12.5. The van der Waals surface area contributed by atoms with Crippen molar-refractivity contribution in [3.63, 3.8) is 0 Å². The molecule has 1 fully saturated rings. The van der Waals surface area contributed by atoms with Crippen LogP contribution in [-0.2, 0) is 11.2 Å². The minimum absolute atomic E-state index is 0. The van der Waals surface area contributed by atoms with E-state index in [9.17, 15) is 9.59 Å². The molecule has 1 heterocycles. The van der Waals surface area contributed by atoms with Gasteiger partial charge in [-0.25, -0.2) is 4.79 Å². The highest BCUT2D eigenvalue weighted by molar-refractivity contribution is 5.97. The number of carbonyl (C=O) groups is 2. The van der Waals surface area contributed by atoms with Crippen molar-refractivity contribution in [2.75, 3.05) is 23.3 Å². The molecular formula is C18H27ClN4O2. The van der Waals surface area contributed by atoms with E-state index in [0.717, 1.165) is 49.0 Å². The van der Waals surface area contributed by atoms with Crippen LogP contribution in [0.2, 0.25) is 0 Å². The average Bonchev–Trinajstić information content (AvgIpc) is 2.98. The maximum atomic E-state index is 12.5. The van der Waals surface area contributed by atoms with Gasteiger partial charge in [-0.15, -0.1) is 12.4 Å².